The topological polar surface area (TPSA) is 51.0 Å². The van der Waals surface area contributed by atoms with E-state index < -0.39 is 0 Å². The number of pyridine rings is 1. The van der Waals surface area contributed by atoms with Crippen molar-refractivity contribution in [2.75, 3.05) is 6.54 Å². The highest BCUT2D eigenvalue weighted by Crippen LogP contribution is 2.28. The Labute approximate surface area is 100 Å². The molecule has 1 unspecified atom stereocenters. The minimum atomic E-state index is 0.327. The number of rotatable bonds is 2. The van der Waals surface area contributed by atoms with Crippen molar-refractivity contribution in [1.29, 1.82) is 0 Å². The number of aryl methyl sites for hydroxylation is 1. The van der Waals surface area contributed by atoms with Crippen molar-refractivity contribution in [2.45, 2.75) is 25.8 Å². The van der Waals surface area contributed by atoms with E-state index >= 15 is 0 Å². The number of nitrogens with zero attached hydrogens (tertiary/aromatic N) is 2. The van der Waals surface area contributed by atoms with Crippen LogP contribution in [0.15, 0.2) is 28.9 Å². The molecule has 0 spiro atoms. The van der Waals surface area contributed by atoms with Crippen molar-refractivity contribution in [3.05, 3.63) is 35.9 Å². The van der Waals surface area contributed by atoms with Gasteiger partial charge in [0.25, 0.3) is 0 Å². The first-order chi connectivity index (χ1) is 8.34. The van der Waals surface area contributed by atoms with E-state index in [4.69, 9.17) is 4.52 Å². The lowest BCUT2D eigenvalue weighted by atomic mass is 10.1. The van der Waals surface area contributed by atoms with Gasteiger partial charge in [0, 0.05) is 23.5 Å². The second-order valence-corrected chi connectivity index (χ2v) is 4.40. The molecule has 1 fully saturated rings. The number of hydrogen-bond donors (Lipinski definition) is 1. The van der Waals surface area contributed by atoms with Gasteiger partial charge in [-0.1, -0.05) is 5.16 Å². The van der Waals surface area contributed by atoms with E-state index in [-0.39, 0.29) is 0 Å². The number of aromatic nitrogens is 2. The smallest absolute Gasteiger partial charge is 0.154 e. The van der Waals surface area contributed by atoms with Crippen LogP contribution in [0.3, 0.4) is 0 Å². The van der Waals surface area contributed by atoms with E-state index in [0.29, 0.717) is 6.04 Å². The van der Waals surface area contributed by atoms with Crippen LogP contribution in [-0.4, -0.2) is 16.7 Å². The zero-order chi connectivity index (χ0) is 11.7. The summed E-state index contributed by atoms with van der Waals surface area (Å²) in [6.07, 6.45) is 4.12. The van der Waals surface area contributed by atoms with Crippen LogP contribution in [0.1, 0.15) is 30.3 Å². The molecule has 0 bridgehead atoms. The van der Waals surface area contributed by atoms with Crippen LogP contribution in [0.25, 0.3) is 11.3 Å². The molecule has 1 atom stereocenters. The summed E-state index contributed by atoms with van der Waals surface area (Å²) in [7, 11) is 0. The van der Waals surface area contributed by atoms with Gasteiger partial charge >= 0.3 is 0 Å². The first kappa shape index (κ1) is 10.5. The summed E-state index contributed by atoms with van der Waals surface area (Å²) in [5.74, 6) is 0.931. The van der Waals surface area contributed by atoms with Gasteiger partial charge in [-0.2, -0.15) is 0 Å². The van der Waals surface area contributed by atoms with Gasteiger partial charge in [-0.25, -0.2) is 0 Å². The van der Waals surface area contributed by atoms with E-state index in [0.717, 1.165) is 35.7 Å². The van der Waals surface area contributed by atoms with Gasteiger partial charge in [0.15, 0.2) is 5.76 Å². The Balaban J connectivity index is 1.92. The molecule has 0 amide bonds. The Hall–Kier alpha value is -1.68. The highest BCUT2D eigenvalue weighted by atomic mass is 16.5. The summed E-state index contributed by atoms with van der Waals surface area (Å²) in [6, 6.07) is 6.29. The lowest BCUT2D eigenvalue weighted by Crippen LogP contribution is -2.11. The molecule has 1 saturated heterocycles. The van der Waals surface area contributed by atoms with Crippen molar-refractivity contribution in [2.24, 2.45) is 0 Å². The van der Waals surface area contributed by atoms with E-state index in [1.165, 1.54) is 6.42 Å². The van der Waals surface area contributed by atoms with E-state index in [1.807, 2.05) is 25.1 Å². The normalized spacial score (nSPS) is 19.7. The Morgan fingerprint density at radius 2 is 2.41 bits per heavy atom. The molecule has 2 aromatic heterocycles. The highest BCUT2D eigenvalue weighted by Gasteiger charge is 2.21. The molecule has 4 heteroatoms. The third kappa shape index (κ3) is 1.96. The molecule has 88 valence electrons. The second-order valence-electron chi connectivity index (χ2n) is 4.40. The molecule has 1 N–H and O–H groups in total. The molecule has 0 aromatic carbocycles. The quantitative estimate of drug-likeness (QED) is 0.859. The number of nitrogens with one attached hydrogen (secondary N) is 1. The fraction of sp³-hybridized carbons (Fsp3) is 0.385. The zero-order valence-electron chi connectivity index (χ0n) is 9.81. The van der Waals surface area contributed by atoms with E-state index in [9.17, 15) is 0 Å². The average molecular weight is 229 g/mol. The Morgan fingerprint density at radius 1 is 1.47 bits per heavy atom. The summed E-state index contributed by atoms with van der Waals surface area (Å²) in [5, 5.41) is 7.54. The standard InChI is InChI=1S/C13H15N3O/c1-9-10(4-2-6-14-9)12-8-13(17-16-12)11-5-3-7-15-11/h2,4,6,8,11,15H,3,5,7H2,1H3. The van der Waals surface area contributed by atoms with Gasteiger partial charge in [-0.05, 0) is 38.4 Å². The molecule has 2 aromatic rings. The monoisotopic (exact) mass is 229 g/mol. The highest BCUT2D eigenvalue weighted by molar-refractivity contribution is 5.61. The molecule has 0 radical (unpaired) electrons. The maximum atomic E-state index is 5.42. The van der Waals surface area contributed by atoms with Gasteiger partial charge in [0.05, 0.1) is 6.04 Å². The molecule has 1 aliphatic heterocycles. The van der Waals surface area contributed by atoms with E-state index in [1.54, 1.807) is 6.20 Å². The Kier molecular flexibility index (Phi) is 2.65. The second kappa shape index (κ2) is 4.30. The van der Waals surface area contributed by atoms with Crippen molar-refractivity contribution in [3.8, 4) is 11.3 Å². The molecule has 3 rings (SSSR count). The summed E-state index contributed by atoms with van der Waals surface area (Å²) in [6.45, 7) is 3.05. The maximum absolute atomic E-state index is 5.42. The molecular weight excluding hydrogens is 214 g/mol. The largest absolute Gasteiger partial charge is 0.359 e. The van der Waals surface area contributed by atoms with Crippen LogP contribution in [-0.2, 0) is 0 Å². The Bertz CT molecular complexity index is 515. The van der Waals surface area contributed by atoms with Crippen molar-refractivity contribution < 1.29 is 4.52 Å². The predicted molar refractivity (Wildman–Crippen MR) is 64.4 cm³/mol. The van der Waals surface area contributed by atoms with Crippen molar-refractivity contribution >= 4 is 0 Å². The van der Waals surface area contributed by atoms with Crippen LogP contribution in [0, 0.1) is 6.92 Å². The first-order valence-corrected chi connectivity index (χ1v) is 5.96. The molecule has 0 aliphatic carbocycles. The molecule has 3 heterocycles. The predicted octanol–water partition coefficient (Wildman–Crippen LogP) is 2.47. The first-order valence-electron chi connectivity index (χ1n) is 5.96. The minimum absolute atomic E-state index is 0.327. The summed E-state index contributed by atoms with van der Waals surface area (Å²) in [5.41, 5.74) is 2.89. The molecule has 1 aliphatic rings. The average Bonchev–Trinajstić information content (AvgIpc) is 3.00. The van der Waals surface area contributed by atoms with Crippen LogP contribution in [0.4, 0.5) is 0 Å². The van der Waals surface area contributed by atoms with Crippen LogP contribution in [0.2, 0.25) is 0 Å². The fourth-order valence-electron chi connectivity index (χ4n) is 2.26. The lowest BCUT2D eigenvalue weighted by molar-refractivity contribution is 0.353. The molecule has 0 saturated carbocycles. The summed E-state index contributed by atoms with van der Waals surface area (Å²) < 4.78 is 5.42. The van der Waals surface area contributed by atoms with E-state index in [2.05, 4.69) is 15.5 Å². The van der Waals surface area contributed by atoms with Gasteiger partial charge in [-0.3, -0.25) is 4.98 Å². The minimum Gasteiger partial charge on any atom is -0.359 e. The van der Waals surface area contributed by atoms with Crippen molar-refractivity contribution in [1.82, 2.24) is 15.5 Å². The van der Waals surface area contributed by atoms with Crippen molar-refractivity contribution in [3.63, 3.8) is 0 Å². The van der Waals surface area contributed by atoms with Crippen LogP contribution in [0.5, 0.6) is 0 Å². The van der Waals surface area contributed by atoms with Gasteiger partial charge in [-0.15, -0.1) is 0 Å². The summed E-state index contributed by atoms with van der Waals surface area (Å²) >= 11 is 0. The zero-order valence-corrected chi connectivity index (χ0v) is 9.81. The number of hydrogen-bond acceptors (Lipinski definition) is 4. The Morgan fingerprint density at radius 3 is 3.18 bits per heavy atom. The van der Waals surface area contributed by atoms with Gasteiger partial charge < -0.3 is 9.84 Å². The molecule has 4 nitrogen and oxygen atoms in total. The maximum Gasteiger partial charge on any atom is 0.154 e. The SMILES string of the molecule is Cc1ncccc1-c1cc(C2CCCN2)on1. The fourth-order valence-corrected chi connectivity index (χ4v) is 2.26. The van der Waals surface area contributed by atoms with Crippen LogP contribution < -0.4 is 5.32 Å². The third-order valence-corrected chi connectivity index (χ3v) is 3.22. The molecular formula is C13H15N3O. The summed E-state index contributed by atoms with van der Waals surface area (Å²) in [4.78, 5) is 4.26. The third-order valence-electron chi connectivity index (χ3n) is 3.22. The molecule has 17 heavy (non-hydrogen) atoms. The van der Waals surface area contributed by atoms with Gasteiger partial charge in [0.1, 0.15) is 5.69 Å². The van der Waals surface area contributed by atoms with Crippen LogP contribution >= 0.6 is 0 Å². The lowest BCUT2D eigenvalue weighted by Gasteiger charge is -2.03. The van der Waals surface area contributed by atoms with Gasteiger partial charge in [0.2, 0.25) is 0 Å².